The van der Waals surface area contributed by atoms with Gasteiger partial charge in [0.2, 0.25) is 5.91 Å². The average Bonchev–Trinajstić information content (AvgIpc) is 3.20. The van der Waals surface area contributed by atoms with Gasteiger partial charge in [-0.15, -0.1) is 0 Å². The Hall–Kier alpha value is -1.35. The van der Waals surface area contributed by atoms with E-state index in [1.807, 2.05) is 6.07 Å². The number of piperazine rings is 1. The highest BCUT2D eigenvalue weighted by atomic mass is 16.2. The molecule has 2 aliphatic carbocycles. The topological polar surface area (TPSA) is 23.6 Å². The summed E-state index contributed by atoms with van der Waals surface area (Å²) in [6.45, 7) is 4.04. The van der Waals surface area contributed by atoms with Crippen LogP contribution in [0.5, 0.6) is 0 Å². The zero-order chi connectivity index (χ0) is 14.9. The molecule has 1 heterocycles. The first-order chi connectivity index (χ1) is 10.8. The van der Waals surface area contributed by atoms with Crippen LogP contribution >= 0.6 is 0 Å². The number of carbonyl (C=O) groups excluding carboxylic acids is 1. The Morgan fingerprint density at radius 3 is 2.32 bits per heavy atom. The summed E-state index contributed by atoms with van der Waals surface area (Å²) < 4.78 is 0. The van der Waals surface area contributed by atoms with Gasteiger partial charge in [0.05, 0.1) is 0 Å². The summed E-state index contributed by atoms with van der Waals surface area (Å²) >= 11 is 0. The first kappa shape index (κ1) is 14.3. The van der Waals surface area contributed by atoms with E-state index in [2.05, 4.69) is 34.1 Å². The molecule has 3 fully saturated rings. The van der Waals surface area contributed by atoms with Crippen LogP contribution in [0, 0.1) is 5.92 Å². The van der Waals surface area contributed by atoms with Gasteiger partial charge < -0.3 is 4.90 Å². The molecule has 22 heavy (non-hydrogen) atoms. The number of amides is 1. The monoisotopic (exact) mass is 298 g/mol. The van der Waals surface area contributed by atoms with Crippen LogP contribution in [0.15, 0.2) is 30.3 Å². The number of rotatable bonds is 3. The van der Waals surface area contributed by atoms with Crippen LogP contribution < -0.4 is 0 Å². The van der Waals surface area contributed by atoms with E-state index in [1.54, 1.807) is 0 Å². The maximum atomic E-state index is 12.7. The molecule has 0 bridgehead atoms. The maximum Gasteiger partial charge on any atom is 0.226 e. The number of carbonyl (C=O) groups is 1. The highest BCUT2D eigenvalue weighted by Gasteiger charge is 2.46. The fraction of sp³-hybridized carbons (Fsp3) is 0.632. The predicted octanol–water partition coefficient (Wildman–Crippen LogP) is 2.88. The van der Waals surface area contributed by atoms with Gasteiger partial charge in [-0.2, -0.15) is 0 Å². The largest absolute Gasteiger partial charge is 0.340 e. The first-order valence-electron chi connectivity index (χ1n) is 8.91. The van der Waals surface area contributed by atoms with Crippen LogP contribution in [-0.4, -0.2) is 47.9 Å². The lowest BCUT2D eigenvalue weighted by molar-refractivity contribution is -0.134. The van der Waals surface area contributed by atoms with Crippen LogP contribution in [0.25, 0.3) is 0 Å². The van der Waals surface area contributed by atoms with Crippen molar-refractivity contribution in [3.05, 3.63) is 35.9 Å². The lowest BCUT2D eigenvalue weighted by Crippen LogP contribution is -2.51. The van der Waals surface area contributed by atoms with E-state index in [1.165, 1.54) is 31.2 Å². The van der Waals surface area contributed by atoms with E-state index in [0.717, 1.165) is 38.6 Å². The van der Waals surface area contributed by atoms with Crippen molar-refractivity contribution >= 4 is 5.91 Å². The average molecular weight is 298 g/mol. The molecule has 0 radical (unpaired) electrons. The van der Waals surface area contributed by atoms with E-state index < -0.39 is 0 Å². The molecule has 1 aliphatic heterocycles. The number of benzene rings is 1. The van der Waals surface area contributed by atoms with Crippen molar-refractivity contribution in [3.8, 4) is 0 Å². The van der Waals surface area contributed by atoms with Gasteiger partial charge in [-0.25, -0.2) is 0 Å². The van der Waals surface area contributed by atoms with Gasteiger partial charge in [0.25, 0.3) is 0 Å². The van der Waals surface area contributed by atoms with Crippen LogP contribution in [0.2, 0.25) is 0 Å². The maximum absolute atomic E-state index is 12.7. The van der Waals surface area contributed by atoms with Crippen molar-refractivity contribution in [2.45, 2.75) is 44.1 Å². The minimum absolute atomic E-state index is 0.250. The molecule has 2 atom stereocenters. The van der Waals surface area contributed by atoms with Crippen molar-refractivity contribution < 1.29 is 4.79 Å². The minimum atomic E-state index is 0.250. The Morgan fingerprint density at radius 1 is 0.955 bits per heavy atom. The second kappa shape index (κ2) is 6.04. The van der Waals surface area contributed by atoms with Crippen LogP contribution in [0.3, 0.4) is 0 Å². The zero-order valence-electron chi connectivity index (χ0n) is 13.3. The van der Waals surface area contributed by atoms with Gasteiger partial charge in [-0.05, 0) is 30.7 Å². The van der Waals surface area contributed by atoms with E-state index in [-0.39, 0.29) is 5.92 Å². The zero-order valence-corrected chi connectivity index (χ0v) is 13.3. The highest BCUT2D eigenvalue weighted by molar-refractivity contribution is 5.83. The Morgan fingerprint density at radius 2 is 1.64 bits per heavy atom. The van der Waals surface area contributed by atoms with Gasteiger partial charge in [-0.3, -0.25) is 9.69 Å². The molecule has 1 saturated heterocycles. The lowest BCUT2D eigenvalue weighted by Gasteiger charge is -2.38. The van der Waals surface area contributed by atoms with Crippen molar-refractivity contribution in [3.63, 3.8) is 0 Å². The molecule has 3 heteroatoms. The SMILES string of the molecule is O=C([C@@H]1C[C@H]1c1ccccc1)N1CCN(C2CCCC2)CC1. The lowest BCUT2D eigenvalue weighted by atomic mass is 10.1. The summed E-state index contributed by atoms with van der Waals surface area (Å²) in [6, 6.07) is 11.3. The van der Waals surface area contributed by atoms with Crippen LogP contribution in [0.4, 0.5) is 0 Å². The van der Waals surface area contributed by atoms with Gasteiger partial charge in [0.1, 0.15) is 0 Å². The molecular weight excluding hydrogens is 272 g/mol. The Labute approximate surface area is 133 Å². The van der Waals surface area contributed by atoms with Gasteiger partial charge in [0, 0.05) is 38.1 Å². The van der Waals surface area contributed by atoms with Crippen LogP contribution in [-0.2, 0) is 4.79 Å². The highest BCUT2D eigenvalue weighted by Crippen LogP contribution is 2.48. The summed E-state index contributed by atoms with van der Waals surface area (Å²) in [4.78, 5) is 17.4. The second-order valence-corrected chi connectivity index (χ2v) is 7.16. The van der Waals surface area contributed by atoms with E-state index >= 15 is 0 Å². The third-order valence-electron chi connectivity index (χ3n) is 5.80. The fourth-order valence-electron chi connectivity index (χ4n) is 4.35. The normalized spacial score (nSPS) is 29.7. The summed E-state index contributed by atoms with van der Waals surface area (Å²) in [7, 11) is 0. The molecule has 1 aromatic rings. The molecule has 118 valence electrons. The molecule has 0 aromatic heterocycles. The molecule has 3 aliphatic rings. The number of hydrogen-bond donors (Lipinski definition) is 0. The van der Waals surface area contributed by atoms with Crippen molar-refractivity contribution in [1.82, 2.24) is 9.80 Å². The van der Waals surface area contributed by atoms with Gasteiger partial charge >= 0.3 is 0 Å². The minimum Gasteiger partial charge on any atom is -0.340 e. The fourth-order valence-corrected chi connectivity index (χ4v) is 4.35. The quantitative estimate of drug-likeness (QED) is 0.856. The summed E-state index contributed by atoms with van der Waals surface area (Å²) in [5.74, 6) is 1.13. The van der Waals surface area contributed by atoms with E-state index in [9.17, 15) is 4.79 Å². The van der Waals surface area contributed by atoms with Gasteiger partial charge in [-0.1, -0.05) is 43.2 Å². The Bertz CT molecular complexity index is 515. The number of nitrogens with zero attached hydrogens (tertiary/aromatic N) is 2. The van der Waals surface area contributed by atoms with Gasteiger partial charge in [0.15, 0.2) is 0 Å². The molecule has 1 aromatic carbocycles. The smallest absolute Gasteiger partial charge is 0.226 e. The molecule has 3 nitrogen and oxygen atoms in total. The molecular formula is C19H26N2O. The van der Waals surface area contributed by atoms with Crippen molar-refractivity contribution in [2.75, 3.05) is 26.2 Å². The molecule has 0 spiro atoms. The molecule has 0 N–H and O–H groups in total. The predicted molar refractivity (Wildman–Crippen MR) is 87.7 cm³/mol. The van der Waals surface area contributed by atoms with Crippen molar-refractivity contribution in [2.24, 2.45) is 5.92 Å². The van der Waals surface area contributed by atoms with E-state index in [4.69, 9.17) is 0 Å². The first-order valence-corrected chi connectivity index (χ1v) is 8.91. The third kappa shape index (κ3) is 2.79. The Kier molecular flexibility index (Phi) is 3.91. The molecule has 4 rings (SSSR count). The molecule has 0 unspecified atom stereocenters. The number of hydrogen-bond acceptors (Lipinski definition) is 2. The van der Waals surface area contributed by atoms with Crippen LogP contribution in [0.1, 0.15) is 43.6 Å². The summed E-state index contributed by atoms with van der Waals surface area (Å²) in [6.07, 6.45) is 6.57. The summed E-state index contributed by atoms with van der Waals surface area (Å²) in [5.41, 5.74) is 1.34. The Balaban J connectivity index is 1.30. The third-order valence-corrected chi connectivity index (χ3v) is 5.80. The molecule has 2 saturated carbocycles. The molecule has 1 amide bonds. The second-order valence-electron chi connectivity index (χ2n) is 7.16. The standard InChI is InChI=1S/C19H26N2O/c22-19(18-14-17(18)15-6-2-1-3-7-15)21-12-10-20(11-13-21)16-8-4-5-9-16/h1-3,6-7,16-18H,4-5,8-14H2/t17-,18+/m0/s1. The summed E-state index contributed by atoms with van der Waals surface area (Å²) in [5, 5.41) is 0. The van der Waals surface area contributed by atoms with Crippen molar-refractivity contribution in [1.29, 1.82) is 0 Å². The van der Waals surface area contributed by atoms with E-state index in [0.29, 0.717) is 11.8 Å².